The Labute approximate surface area is 153 Å². The lowest BCUT2D eigenvalue weighted by atomic mass is 10.1. The van der Waals surface area contributed by atoms with Gasteiger partial charge in [0.25, 0.3) is 10.0 Å². The van der Waals surface area contributed by atoms with Crippen molar-refractivity contribution in [2.75, 3.05) is 21.3 Å². The van der Waals surface area contributed by atoms with Crippen LogP contribution >= 0.6 is 0 Å². The van der Waals surface area contributed by atoms with Gasteiger partial charge >= 0.3 is 5.97 Å². The first kappa shape index (κ1) is 19.9. The fourth-order valence-corrected chi connectivity index (χ4v) is 3.40. The maximum Gasteiger partial charge on any atom is 0.338 e. The van der Waals surface area contributed by atoms with Crippen LogP contribution in [0.5, 0.6) is 5.75 Å². The van der Waals surface area contributed by atoms with Crippen LogP contribution in [0.25, 0.3) is 0 Å². The highest BCUT2D eigenvalue weighted by Crippen LogP contribution is 2.27. The molecule has 0 fully saturated rings. The molecular weight excluding hydrogens is 358 g/mol. The van der Waals surface area contributed by atoms with E-state index in [0.29, 0.717) is 4.47 Å². The molecule has 2 rings (SSSR count). The molecule has 0 aliphatic rings. The van der Waals surface area contributed by atoms with Crippen LogP contribution in [-0.4, -0.2) is 40.1 Å². The van der Waals surface area contributed by atoms with Gasteiger partial charge in [0, 0.05) is 7.05 Å². The lowest BCUT2D eigenvalue weighted by Crippen LogP contribution is -2.26. The van der Waals surface area contributed by atoms with E-state index in [4.69, 9.17) is 14.3 Å². The monoisotopic (exact) mass is 379 g/mol. The number of hydrogen-bond acceptors (Lipinski definition) is 6. The number of sulfonamides is 1. The smallest absolute Gasteiger partial charge is 0.338 e. The second-order valence-electron chi connectivity index (χ2n) is 5.47. The fourth-order valence-electron chi connectivity index (χ4n) is 2.24. The normalized spacial score (nSPS) is 11.4. The third-order valence-corrected chi connectivity index (χ3v) is 5.59. The maximum absolute atomic E-state index is 12.5. The molecule has 0 saturated carbocycles. The molecular formula is C18H21NO6S. The molecule has 7 nitrogen and oxygen atoms in total. The third kappa shape index (κ3) is 4.21. The zero-order chi connectivity index (χ0) is 19.3. The van der Waals surface area contributed by atoms with Gasteiger partial charge in [0.2, 0.25) is 0 Å². The van der Waals surface area contributed by atoms with E-state index < -0.39 is 16.0 Å². The molecule has 26 heavy (non-hydrogen) atoms. The molecule has 0 saturated heterocycles. The predicted octanol–water partition coefficient (Wildman–Crippen LogP) is 2.54. The van der Waals surface area contributed by atoms with Gasteiger partial charge < -0.3 is 9.47 Å². The molecule has 8 heteroatoms. The number of hydroxylamine groups is 1. The zero-order valence-electron chi connectivity index (χ0n) is 15.1. The Kier molecular flexibility index (Phi) is 6.36. The SMILES string of the molecule is COc1ccc(C(=O)OCc2ccccc2C)cc1S(=O)(=O)N(C)OC. The molecule has 0 aromatic heterocycles. The van der Waals surface area contributed by atoms with Gasteiger partial charge in [-0.1, -0.05) is 28.7 Å². The minimum atomic E-state index is -3.98. The first-order valence-electron chi connectivity index (χ1n) is 7.74. The van der Waals surface area contributed by atoms with Gasteiger partial charge in [0.1, 0.15) is 17.3 Å². The van der Waals surface area contributed by atoms with Gasteiger partial charge in [-0.05, 0) is 36.2 Å². The standard InChI is InChI=1S/C18H21NO6S/c1-13-7-5-6-8-15(13)12-25-18(20)14-9-10-16(23-3)17(11-14)26(21,22)19(2)24-4/h5-11H,12H2,1-4H3. The predicted molar refractivity (Wildman–Crippen MR) is 95.3 cm³/mol. The summed E-state index contributed by atoms with van der Waals surface area (Å²) in [4.78, 5) is 16.9. The Hall–Kier alpha value is -2.42. The zero-order valence-corrected chi connectivity index (χ0v) is 15.9. The van der Waals surface area contributed by atoms with Crippen molar-refractivity contribution in [3.8, 4) is 5.75 Å². The van der Waals surface area contributed by atoms with Crippen LogP contribution in [0, 0.1) is 6.92 Å². The van der Waals surface area contributed by atoms with Gasteiger partial charge in [-0.2, -0.15) is 0 Å². The van der Waals surface area contributed by atoms with Crippen LogP contribution < -0.4 is 4.74 Å². The van der Waals surface area contributed by atoms with Crippen LogP contribution in [0.3, 0.4) is 0 Å². The van der Waals surface area contributed by atoms with Crippen molar-refractivity contribution in [1.29, 1.82) is 0 Å². The van der Waals surface area contributed by atoms with E-state index in [-0.39, 0.29) is 22.8 Å². The number of hydrogen-bond donors (Lipinski definition) is 0. The quantitative estimate of drug-likeness (QED) is 0.543. The van der Waals surface area contributed by atoms with Crippen molar-refractivity contribution < 1.29 is 27.5 Å². The lowest BCUT2D eigenvalue weighted by molar-refractivity contribution is -0.0259. The minimum Gasteiger partial charge on any atom is -0.495 e. The highest BCUT2D eigenvalue weighted by Gasteiger charge is 2.26. The summed E-state index contributed by atoms with van der Waals surface area (Å²) in [5.74, 6) is -0.531. The van der Waals surface area contributed by atoms with E-state index in [1.165, 1.54) is 39.5 Å². The number of esters is 1. The fraction of sp³-hybridized carbons (Fsp3) is 0.278. The molecule has 0 spiro atoms. The second kappa shape index (κ2) is 8.31. The first-order valence-corrected chi connectivity index (χ1v) is 9.18. The first-order chi connectivity index (χ1) is 12.3. The second-order valence-corrected chi connectivity index (χ2v) is 7.37. The molecule has 0 amide bonds. The van der Waals surface area contributed by atoms with Gasteiger partial charge in [0.05, 0.1) is 19.8 Å². The van der Waals surface area contributed by atoms with Crippen molar-refractivity contribution in [2.45, 2.75) is 18.4 Å². The Balaban J connectivity index is 2.29. The maximum atomic E-state index is 12.5. The topological polar surface area (TPSA) is 82.1 Å². The lowest BCUT2D eigenvalue weighted by Gasteiger charge is -2.17. The van der Waals surface area contributed by atoms with E-state index in [1.54, 1.807) is 0 Å². The van der Waals surface area contributed by atoms with Gasteiger partial charge in [-0.15, -0.1) is 0 Å². The number of methoxy groups -OCH3 is 1. The summed E-state index contributed by atoms with van der Waals surface area (Å²) < 4.78 is 36.1. The van der Waals surface area contributed by atoms with Crippen molar-refractivity contribution in [1.82, 2.24) is 4.47 Å². The number of aryl methyl sites for hydroxylation is 1. The third-order valence-electron chi connectivity index (χ3n) is 3.89. The van der Waals surface area contributed by atoms with Gasteiger partial charge in [-0.25, -0.2) is 13.2 Å². The average molecular weight is 379 g/mol. The Morgan fingerprint density at radius 2 is 1.81 bits per heavy atom. The number of nitrogens with zero attached hydrogens (tertiary/aromatic N) is 1. The van der Waals surface area contributed by atoms with Gasteiger partial charge in [-0.3, -0.25) is 4.84 Å². The summed E-state index contributed by atoms with van der Waals surface area (Å²) >= 11 is 0. The van der Waals surface area contributed by atoms with E-state index in [0.717, 1.165) is 11.1 Å². The number of ether oxygens (including phenoxy) is 2. The van der Waals surface area contributed by atoms with Crippen molar-refractivity contribution in [3.05, 3.63) is 59.2 Å². The van der Waals surface area contributed by atoms with Crippen LogP contribution in [-0.2, 0) is 26.2 Å². The summed E-state index contributed by atoms with van der Waals surface area (Å²) in [5.41, 5.74) is 1.98. The Morgan fingerprint density at radius 3 is 2.42 bits per heavy atom. The van der Waals surface area contributed by atoms with E-state index in [1.807, 2.05) is 31.2 Å². The minimum absolute atomic E-state index is 0.0948. The summed E-state index contributed by atoms with van der Waals surface area (Å²) in [5, 5.41) is 0. The van der Waals surface area contributed by atoms with Crippen molar-refractivity contribution in [2.24, 2.45) is 0 Å². The van der Waals surface area contributed by atoms with E-state index >= 15 is 0 Å². The molecule has 0 bridgehead atoms. The van der Waals surface area contributed by atoms with E-state index in [9.17, 15) is 13.2 Å². The molecule has 0 atom stereocenters. The summed E-state index contributed by atoms with van der Waals surface area (Å²) in [7, 11) is -0.164. The summed E-state index contributed by atoms with van der Waals surface area (Å²) in [6.45, 7) is 2.01. The molecule has 0 aliphatic heterocycles. The number of carbonyl (C=O) groups excluding carboxylic acids is 1. The van der Waals surface area contributed by atoms with Crippen LogP contribution in [0.2, 0.25) is 0 Å². The molecule has 0 radical (unpaired) electrons. The average Bonchev–Trinajstić information content (AvgIpc) is 2.65. The van der Waals surface area contributed by atoms with Crippen LogP contribution in [0.15, 0.2) is 47.4 Å². The molecule has 0 N–H and O–H groups in total. The highest BCUT2D eigenvalue weighted by atomic mass is 32.2. The molecule has 0 unspecified atom stereocenters. The van der Waals surface area contributed by atoms with Crippen molar-refractivity contribution in [3.63, 3.8) is 0 Å². The van der Waals surface area contributed by atoms with Crippen LogP contribution in [0.1, 0.15) is 21.5 Å². The molecule has 2 aromatic carbocycles. The molecule has 0 aliphatic carbocycles. The molecule has 140 valence electrons. The summed E-state index contributed by atoms with van der Waals surface area (Å²) in [6, 6.07) is 11.6. The summed E-state index contributed by atoms with van der Waals surface area (Å²) in [6.07, 6.45) is 0. The molecule has 2 aromatic rings. The van der Waals surface area contributed by atoms with Gasteiger partial charge in [0.15, 0.2) is 0 Å². The highest BCUT2D eigenvalue weighted by molar-refractivity contribution is 7.89. The Bertz CT molecular complexity index is 894. The Morgan fingerprint density at radius 1 is 1.12 bits per heavy atom. The van der Waals surface area contributed by atoms with Crippen molar-refractivity contribution >= 4 is 16.0 Å². The van der Waals surface area contributed by atoms with E-state index in [2.05, 4.69) is 0 Å². The number of carbonyl (C=O) groups is 1. The molecule has 0 heterocycles. The number of benzene rings is 2. The van der Waals surface area contributed by atoms with Crippen LogP contribution in [0.4, 0.5) is 0 Å². The largest absolute Gasteiger partial charge is 0.495 e. The number of rotatable bonds is 7.